The van der Waals surface area contributed by atoms with Crippen LogP contribution in [0, 0.1) is 25.7 Å². The second-order valence-corrected chi connectivity index (χ2v) is 25.6. The van der Waals surface area contributed by atoms with Gasteiger partial charge in [0.05, 0.1) is 34.8 Å². The molecule has 8 nitrogen and oxygen atoms in total. The van der Waals surface area contributed by atoms with Crippen LogP contribution in [0.15, 0.2) is 249 Å². The van der Waals surface area contributed by atoms with Crippen LogP contribution in [0.3, 0.4) is 0 Å². The van der Waals surface area contributed by atoms with Crippen molar-refractivity contribution in [1.29, 1.82) is 0 Å². The van der Waals surface area contributed by atoms with Crippen LogP contribution in [0.4, 0.5) is 21.8 Å². The summed E-state index contributed by atoms with van der Waals surface area (Å²) < 4.78 is 88.5. The predicted molar refractivity (Wildman–Crippen MR) is 377 cm³/mol. The van der Waals surface area contributed by atoms with Crippen molar-refractivity contribution in [2.45, 2.75) is 67.0 Å². The zero-order valence-electron chi connectivity index (χ0n) is 53.5. The third-order valence-corrected chi connectivity index (χ3v) is 18.0. The summed E-state index contributed by atoms with van der Waals surface area (Å²) in [6.45, 7) is 12.4. The molecular weight excluding hydrogens is 1210 g/mol. The SMILES string of the molecule is Cc1cc(OC(=O)Cc2ccc(-n3c(=O)c4ccc5oc6ccc(-c7ccc(C(F)(F)F)cc7)cc6c6ccc(c3=O)c4c56)cc2)cc(C)c1/C(=C1/N=C(c2ccc(CC(C)C)cc2)C=C1c1ccccc1)c1c(-c2ccccc2)cc(-c2ccc(CC(C)C)cc2)n1B(F)F. The number of nitrogens with zero attached hydrogens (tertiary/aromatic N) is 3. The van der Waals surface area contributed by atoms with E-state index in [4.69, 9.17) is 14.1 Å². The molecule has 13 aromatic rings. The number of halogens is 5. The fourth-order valence-corrected chi connectivity index (χ4v) is 13.7. The fourth-order valence-electron chi connectivity index (χ4n) is 13.7. The van der Waals surface area contributed by atoms with E-state index < -0.39 is 36.2 Å². The highest BCUT2D eigenvalue weighted by atomic mass is 19.4. The Morgan fingerprint density at radius 2 is 1.09 bits per heavy atom. The molecule has 0 unspecified atom stereocenters. The molecule has 0 saturated carbocycles. The lowest BCUT2D eigenvalue weighted by atomic mass is 9.86. The number of benzene rings is 10. The molecule has 14 rings (SSSR count). The average Bonchev–Trinajstić information content (AvgIpc) is 0.850. The Kier molecular flexibility index (Phi) is 16.3. The van der Waals surface area contributed by atoms with Crippen molar-refractivity contribution in [1.82, 2.24) is 9.05 Å². The van der Waals surface area contributed by atoms with Crippen molar-refractivity contribution in [2.75, 3.05) is 0 Å². The molecule has 0 fully saturated rings. The third-order valence-electron chi connectivity index (χ3n) is 18.0. The zero-order valence-corrected chi connectivity index (χ0v) is 53.5. The number of alkyl halides is 3. The van der Waals surface area contributed by atoms with Gasteiger partial charge in [-0.3, -0.25) is 23.0 Å². The van der Waals surface area contributed by atoms with E-state index in [1.54, 1.807) is 72.8 Å². The van der Waals surface area contributed by atoms with Gasteiger partial charge in [-0.2, -0.15) is 13.2 Å². The molecule has 0 aliphatic carbocycles. The van der Waals surface area contributed by atoms with Gasteiger partial charge in [0.2, 0.25) is 0 Å². The van der Waals surface area contributed by atoms with Crippen LogP contribution >= 0.6 is 0 Å². The largest absolute Gasteiger partial charge is 0.678 e. The highest BCUT2D eigenvalue weighted by Gasteiger charge is 2.36. The van der Waals surface area contributed by atoms with Gasteiger partial charge in [-0.1, -0.05) is 173 Å². The maximum atomic E-state index is 16.8. The van der Waals surface area contributed by atoms with Crippen molar-refractivity contribution >= 4 is 73.7 Å². The number of aryl methyl sites for hydroxylation is 2. The van der Waals surface area contributed by atoms with Crippen LogP contribution in [-0.2, 0) is 30.2 Å². The molecule has 10 aromatic carbocycles. The minimum Gasteiger partial charge on any atom is -0.456 e. The molecule has 0 bridgehead atoms. The minimum absolute atomic E-state index is 0.183. The van der Waals surface area contributed by atoms with Crippen molar-refractivity contribution in [2.24, 2.45) is 16.8 Å². The molecular formula is C82H63BF5N3O5. The Balaban J connectivity index is 0.824. The number of carbonyl (C=O) groups is 1. The summed E-state index contributed by atoms with van der Waals surface area (Å²) in [5.74, 6) is 0.497. The van der Waals surface area contributed by atoms with E-state index in [1.165, 1.54) is 17.7 Å². The lowest BCUT2D eigenvalue weighted by molar-refractivity contribution is -0.137. The predicted octanol–water partition coefficient (Wildman–Crippen LogP) is 19.9. The summed E-state index contributed by atoms with van der Waals surface area (Å²) in [4.78, 5) is 48.8. The minimum atomic E-state index is -4.48. The highest BCUT2D eigenvalue weighted by molar-refractivity contribution is 6.43. The van der Waals surface area contributed by atoms with Crippen LogP contribution in [-0.4, -0.2) is 28.1 Å². The molecule has 474 valence electrons. The van der Waals surface area contributed by atoms with Crippen molar-refractivity contribution in [3.63, 3.8) is 0 Å². The summed E-state index contributed by atoms with van der Waals surface area (Å²) in [6.07, 6.45) is -0.877. The van der Waals surface area contributed by atoms with E-state index >= 15 is 8.63 Å². The first-order valence-corrected chi connectivity index (χ1v) is 32.0. The van der Waals surface area contributed by atoms with Gasteiger partial charge < -0.3 is 13.6 Å². The maximum Gasteiger partial charge on any atom is 0.678 e. The van der Waals surface area contributed by atoms with Crippen LogP contribution < -0.4 is 15.9 Å². The van der Waals surface area contributed by atoms with E-state index in [1.807, 2.05) is 117 Å². The number of allylic oxidation sites excluding steroid dienone is 2. The molecule has 1 aliphatic rings. The van der Waals surface area contributed by atoms with E-state index in [0.717, 1.165) is 61.8 Å². The molecule has 14 heteroatoms. The van der Waals surface area contributed by atoms with E-state index in [0.29, 0.717) is 112 Å². The molecule has 3 aromatic heterocycles. The summed E-state index contributed by atoms with van der Waals surface area (Å²) >= 11 is 0. The topological polar surface area (TPSA) is 95.8 Å². The number of aromatic nitrogens is 2. The number of ether oxygens (including phenoxy) is 1. The summed E-state index contributed by atoms with van der Waals surface area (Å²) in [7, 11) is -3.01. The number of carbonyl (C=O) groups excluding carboxylic acids is 1. The van der Waals surface area contributed by atoms with E-state index in [9.17, 15) is 27.6 Å². The summed E-state index contributed by atoms with van der Waals surface area (Å²) in [5, 5.41) is 2.87. The van der Waals surface area contributed by atoms with E-state index in [-0.39, 0.29) is 34.3 Å². The second kappa shape index (κ2) is 25.1. The number of aliphatic imine (C=N–C) groups is 1. The molecule has 1 aliphatic heterocycles. The first-order chi connectivity index (χ1) is 46.2. The van der Waals surface area contributed by atoms with Gasteiger partial charge in [0, 0.05) is 54.9 Å². The lowest BCUT2D eigenvalue weighted by Gasteiger charge is -2.22. The Hall–Kier alpha value is -11.0. The first-order valence-electron chi connectivity index (χ1n) is 32.0. The van der Waals surface area contributed by atoms with Gasteiger partial charge in [0.1, 0.15) is 16.9 Å². The van der Waals surface area contributed by atoms with Crippen LogP contribution in [0.5, 0.6) is 5.75 Å². The molecule has 0 atom stereocenters. The second-order valence-electron chi connectivity index (χ2n) is 25.6. The Bertz CT molecular complexity index is 5360. The highest BCUT2D eigenvalue weighted by Crippen LogP contribution is 2.48. The van der Waals surface area contributed by atoms with Crippen LogP contribution in [0.1, 0.15) is 83.5 Å². The Morgan fingerprint density at radius 1 is 0.552 bits per heavy atom. The number of rotatable bonds is 16. The number of hydrogen-bond donors (Lipinski definition) is 0. The number of hydrogen-bond acceptors (Lipinski definition) is 6. The van der Waals surface area contributed by atoms with Gasteiger partial charge in [-0.25, -0.2) is 9.56 Å². The van der Waals surface area contributed by atoms with Gasteiger partial charge in [-0.05, 0) is 184 Å². The summed E-state index contributed by atoms with van der Waals surface area (Å²) in [5.41, 5.74) is 11.9. The Labute approximate surface area is 551 Å². The van der Waals surface area contributed by atoms with Crippen molar-refractivity contribution < 1.29 is 35.8 Å². The monoisotopic (exact) mass is 1280 g/mol. The van der Waals surface area contributed by atoms with Gasteiger partial charge in [-0.15, -0.1) is 0 Å². The van der Waals surface area contributed by atoms with Crippen molar-refractivity contribution in [3.8, 4) is 44.9 Å². The molecule has 0 radical (unpaired) electrons. The molecule has 0 N–H and O–H groups in total. The van der Waals surface area contributed by atoms with Crippen molar-refractivity contribution in [3.05, 3.63) is 307 Å². The molecule has 96 heavy (non-hydrogen) atoms. The maximum absolute atomic E-state index is 16.8. The third kappa shape index (κ3) is 11.7. The van der Waals surface area contributed by atoms with Gasteiger partial charge in [0.25, 0.3) is 11.1 Å². The Morgan fingerprint density at radius 3 is 1.69 bits per heavy atom. The van der Waals surface area contributed by atoms with Crippen LogP contribution in [0.25, 0.3) is 93.8 Å². The van der Waals surface area contributed by atoms with Gasteiger partial charge >= 0.3 is 19.5 Å². The number of esters is 1. The average molecular weight is 1280 g/mol. The smallest absolute Gasteiger partial charge is 0.456 e. The number of fused-ring (bicyclic) bond motifs is 2. The zero-order chi connectivity index (χ0) is 66.8. The normalized spacial score (nSPS) is 13.2. The number of pyridine rings is 1. The summed E-state index contributed by atoms with van der Waals surface area (Å²) in [6, 6.07) is 64.6. The van der Waals surface area contributed by atoms with Gasteiger partial charge in [0.15, 0.2) is 0 Å². The van der Waals surface area contributed by atoms with E-state index in [2.05, 4.69) is 52.0 Å². The molecule has 0 saturated heterocycles. The first kappa shape index (κ1) is 62.5. The standard InChI is InChI=1S/C82H63BF5N3O5/c1-47(2)39-51-17-23-57(24-18-51)69-45-66(55-13-9-7-10-14-55)78(89-69)77(79-67(56-15-11-8-12-16-56)46-70(91(79)83(87)88)58-25-19-52(20-26-58)40-48(3)4)74-49(5)41-62(42-50(74)6)95-73(92)43-53-21-32-61(33-22-53)90-80(93)64-35-34-63-68-44-59(54-27-30-60(31-28-54)82(84,85)86)29-37-71(68)96-72-38-36-65(81(90)94)75(64)76(63)72/h7-38,41-42,44-48H,39-40,43H2,1-6H3/b78-77-. The fraction of sp³-hybridized carbons (Fsp3) is 0.146. The van der Waals surface area contributed by atoms with Crippen LogP contribution in [0.2, 0.25) is 0 Å². The molecule has 0 spiro atoms. The lowest BCUT2D eigenvalue weighted by Crippen LogP contribution is -2.31. The molecule has 0 amide bonds. The quantitative estimate of drug-likeness (QED) is 0.0240. The molecule has 4 heterocycles.